The van der Waals surface area contributed by atoms with E-state index < -0.39 is 0 Å². The van der Waals surface area contributed by atoms with Gasteiger partial charge >= 0.3 is 0 Å². The summed E-state index contributed by atoms with van der Waals surface area (Å²) in [5.74, 6) is 0.0422. The average molecular weight is 228 g/mol. The van der Waals surface area contributed by atoms with Crippen LogP contribution in [0, 0.1) is 0 Å². The van der Waals surface area contributed by atoms with E-state index in [1.165, 1.54) is 0 Å². The van der Waals surface area contributed by atoms with Crippen LogP contribution < -0.4 is 10.6 Å². The van der Waals surface area contributed by atoms with E-state index in [9.17, 15) is 4.79 Å². The normalized spacial score (nSPS) is 27.8. The Morgan fingerprint density at radius 1 is 1.44 bits per heavy atom. The van der Waals surface area contributed by atoms with Crippen LogP contribution in [0.5, 0.6) is 0 Å². The van der Waals surface area contributed by atoms with E-state index in [4.69, 9.17) is 4.74 Å². The van der Waals surface area contributed by atoms with Gasteiger partial charge in [0.15, 0.2) is 0 Å². The van der Waals surface area contributed by atoms with Crippen molar-refractivity contribution in [1.29, 1.82) is 0 Å². The van der Waals surface area contributed by atoms with E-state index in [2.05, 4.69) is 17.6 Å². The van der Waals surface area contributed by atoms with E-state index in [0.29, 0.717) is 6.61 Å². The van der Waals surface area contributed by atoms with Gasteiger partial charge in [-0.2, -0.15) is 0 Å². The first kappa shape index (κ1) is 13.5. The van der Waals surface area contributed by atoms with Gasteiger partial charge in [-0.25, -0.2) is 0 Å². The van der Waals surface area contributed by atoms with Crippen LogP contribution in [-0.2, 0) is 9.53 Å². The molecule has 16 heavy (non-hydrogen) atoms. The first-order chi connectivity index (χ1) is 7.22. The van der Waals surface area contributed by atoms with Crippen LogP contribution in [0.2, 0.25) is 0 Å². The maximum Gasteiger partial charge on any atom is 0.237 e. The number of rotatable bonds is 3. The third-order valence-electron chi connectivity index (χ3n) is 2.68. The molecular weight excluding hydrogens is 204 g/mol. The van der Waals surface area contributed by atoms with Crippen molar-refractivity contribution in [2.24, 2.45) is 0 Å². The first-order valence-corrected chi connectivity index (χ1v) is 5.89. The van der Waals surface area contributed by atoms with E-state index in [1.807, 2.05) is 27.7 Å². The molecule has 94 valence electrons. The molecule has 4 nitrogen and oxygen atoms in total. The summed E-state index contributed by atoms with van der Waals surface area (Å²) in [5, 5.41) is 6.31. The molecule has 2 N–H and O–H groups in total. The summed E-state index contributed by atoms with van der Waals surface area (Å²) in [5.41, 5.74) is -0.241. The molecule has 0 aliphatic carbocycles. The number of carbonyl (C=O) groups excluding carboxylic acids is 1. The van der Waals surface area contributed by atoms with E-state index >= 15 is 0 Å². The molecule has 1 aliphatic rings. The summed E-state index contributed by atoms with van der Waals surface area (Å²) >= 11 is 0. The molecule has 1 amide bonds. The Balaban J connectivity index is 2.45. The average Bonchev–Trinajstić information content (AvgIpc) is 2.48. The van der Waals surface area contributed by atoms with Gasteiger partial charge in [0, 0.05) is 17.7 Å². The third-order valence-corrected chi connectivity index (χ3v) is 2.68. The second kappa shape index (κ2) is 4.72. The maximum atomic E-state index is 11.9. The molecule has 4 heteroatoms. The topological polar surface area (TPSA) is 50.4 Å². The molecule has 2 atom stereocenters. The zero-order chi connectivity index (χ0) is 12.4. The lowest BCUT2D eigenvalue weighted by atomic mass is 10.00. The second-order valence-corrected chi connectivity index (χ2v) is 5.97. The van der Waals surface area contributed by atoms with Crippen LogP contribution in [0.4, 0.5) is 0 Å². The Morgan fingerprint density at radius 2 is 2.06 bits per heavy atom. The molecule has 0 saturated carbocycles. The Morgan fingerprint density at radius 3 is 2.50 bits per heavy atom. The molecule has 0 radical (unpaired) electrons. The number of hydrogen-bond donors (Lipinski definition) is 2. The van der Waals surface area contributed by atoms with Gasteiger partial charge in [0.1, 0.15) is 0 Å². The monoisotopic (exact) mass is 228 g/mol. The zero-order valence-electron chi connectivity index (χ0n) is 11.0. The van der Waals surface area contributed by atoms with Crippen LogP contribution >= 0.6 is 0 Å². The van der Waals surface area contributed by atoms with Gasteiger partial charge < -0.3 is 10.1 Å². The lowest BCUT2D eigenvalue weighted by molar-refractivity contribution is -0.124. The van der Waals surface area contributed by atoms with Crippen LogP contribution in [-0.4, -0.2) is 36.2 Å². The van der Waals surface area contributed by atoms with Crippen LogP contribution in [0.25, 0.3) is 0 Å². The molecule has 0 bridgehead atoms. The highest BCUT2D eigenvalue weighted by Crippen LogP contribution is 2.18. The van der Waals surface area contributed by atoms with Crippen LogP contribution in [0.3, 0.4) is 0 Å². The summed E-state index contributed by atoms with van der Waals surface area (Å²) in [7, 11) is 0. The SMILES string of the molecule is CC(NC1(C)CCOC1)C(=O)NC(C)(C)C. The van der Waals surface area contributed by atoms with Crippen molar-refractivity contribution >= 4 is 5.91 Å². The van der Waals surface area contributed by atoms with Crippen molar-refractivity contribution in [2.75, 3.05) is 13.2 Å². The minimum absolute atomic E-state index is 0.0422. The van der Waals surface area contributed by atoms with Gasteiger partial charge in [-0.05, 0) is 41.0 Å². The molecule has 1 heterocycles. The highest BCUT2D eigenvalue weighted by Gasteiger charge is 2.32. The number of hydrogen-bond acceptors (Lipinski definition) is 3. The molecule has 2 unspecified atom stereocenters. The van der Waals surface area contributed by atoms with Gasteiger partial charge in [-0.15, -0.1) is 0 Å². The highest BCUT2D eigenvalue weighted by molar-refractivity contribution is 5.82. The van der Waals surface area contributed by atoms with Crippen molar-refractivity contribution in [2.45, 2.75) is 58.2 Å². The highest BCUT2D eigenvalue weighted by atomic mass is 16.5. The summed E-state index contributed by atoms with van der Waals surface area (Å²) in [6.45, 7) is 11.4. The molecule has 1 fully saturated rings. The zero-order valence-corrected chi connectivity index (χ0v) is 11.0. The van der Waals surface area contributed by atoms with Crippen molar-refractivity contribution in [3.63, 3.8) is 0 Å². The second-order valence-electron chi connectivity index (χ2n) is 5.97. The quantitative estimate of drug-likeness (QED) is 0.759. The Kier molecular flexibility index (Phi) is 3.97. The largest absolute Gasteiger partial charge is 0.379 e. The Labute approximate surface area is 98.1 Å². The number of amides is 1. The molecule has 1 aliphatic heterocycles. The number of nitrogens with one attached hydrogen (secondary N) is 2. The Hall–Kier alpha value is -0.610. The summed E-state index contributed by atoms with van der Waals surface area (Å²) in [4.78, 5) is 11.9. The molecule has 0 aromatic heterocycles. The number of carbonyl (C=O) groups is 1. The lowest BCUT2D eigenvalue weighted by Gasteiger charge is -2.30. The van der Waals surface area contributed by atoms with E-state index in [-0.39, 0.29) is 23.0 Å². The van der Waals surface area contributed by atoms with Crippen molar-refractivity contribution in [1.82, 2.24) is 10.6 Å². The minimum Gasteiger partial charge on any atom is -0.379 e. The summed E-state index contributed by atoms with van der Waals surface area (Å²) in [6, 6.07) is -0.189. The summed E-state index contributed by atoms with van der Waals surface area (Å²) < 4.78 is 5.35. The van der Waals surface area contributed by atoms with Crippen molar-refractivity contribution < 1.29 is 9.53 Å². The van der Waals surface area contributed by atoms with E-state index in [0.717, 1.165) is 13.0 Å². The smallest absolute Gasteiger partial charge is 0.237 e. The molecule has 0 aromatic carbocycles. The van der Waals surface area contributed by atoms with Gasteiger partial charge in [-0.3, -0.25) is 10.1 Å². The van der Waals surface area contributed by atoms with Crippen molar-refractivity contribution in [3.05, 3.63) is 0 Å². The maximum absolute atomic E-state index is 11.9. The van der Waals surface area contributed by atoms with Crippen molar-refractivity contribution in [3.8, 4) is 0 Å². The predicted octanol–water partition coefficient (Wildman–Crippen LogP) is 1.06. The third kappa shape index (κ3) is 4.10. The van der Waals surface area contributed by atoms with Gasteiger partial charge in [0.2, 0.25) is 5.91 Å². The van der Waals surface area contributed by atoms with Gasteiger partial charge in [0.25, 0.3) is 0 Å². The molecule has 1 rings (SSSR count). The molecular formula is C12H24N2O2. The van der Waals surface area contributed by atoms with Gasteiger partial charge in [0.05, 0.1) is 12.6 Å². The standard InChI is InChI=1S/C12H24N2O2/c1-9(10(15)14-11(2,3)4)13-12(5)6-7-16-8-12/h9,13H,6-8H2,1-5H3,(H,14,15). The van der Waals surface area contributed by atoms with Crippen LogP contribution in [0.1, 0.15) is 41.0 Å². The fraction of sp³-hybridized carbons (Fsp3) is 0.917. The van der Waals surface area contributed by atoms with Gasteiger partial charge in [-0.1, -0.05) is 0 Å². The van der Waals surface area contributed by atoms with E-state index in [1.54, 1.807) is 0 Å². The molecule has 1 saturated heterocycles. The fourth-order valence-electron chi connectivity index (χ4n) is 1.85. The molecule has 0 spiro atoms. The van der Waals surface area contributed by atoms with Crippen LogP contribution in [0.15, 0.2) is 0 Å². The number of ether oxygens (including phenoxy) is 1. The minimum atomic E-state index is -0.189. The predicted molar refractivity (Wildman–Crippen MR) is 64.3 cm³/mol. The lowest BCUT2D eigenvalue weighted by Crippen LogP contribution is -2.56. The Bertz CT molecular complexity index is 252. The molecule has 0 aromatic rings. The summed E-state index contributed by atoms with van der Waals surface area (Å²) in [6.07, 6.45) is 0.958. The fourth-order valence-corrected chi connectivity index (χ4v) is 1.85. The first-order valence-electron chi connectivity index (χ1n) is 5.89.